The van der Waals surface area contributed by atoms with Crippen molar-refractivity contribution in [3.05, 3.63) is 41.5 Å². The Hall–Kier alpha value is -2.41. The first kappa shape index (κ1) is 17.4. The smallest absolute Gasteiger partial charge is 0.337 e. The molecule has 2 atom stereocenters. The summed E-state index contributed by atoms with van der Waals surface area (Å²) in [4.78, 5) is 16.0. The molecule has 2 unspecified atom stereocenters. The quantitative estimate of drug-likeness (QED) is 0.832. The van der Waals surface area contributed by atoms with Crippen molar-refractivity contribution >= 4 is 5.97 Å². The highest BCUT2D eigenvalue weighted by atomic mass is 16.5. The van der Waals surface area contributed by atoms with Gasteiger partial charge in [-0.2, -0.15) is 4.98 Å². The first-order valence-corrected chi connectivity index (χ1v) is 8.42. The van der Waals surface area contributed by atoms with Gasteiger partial charge in [-0.1, -0.05) is 24.1 Å². The molecule has 1 aliphatic carbocycles. The highest BCUT2D eigenvalue weighted by Crippen LogP contribution is 2.38. The van der Waals surface area contributed by atoms with E-state index in [4.69, 9.17) is 19.7 Å². The maximum atomic E-state index is 11.5. The predicted octanol–water partition coefficient (Wildman–Crippen LogP) is 2.81. The van der Waals surface area contributed by atoms with Gasteiger partial charge in [0.05, 0.1) is 18.6 Å². The van der Waals surface area contributed by atoms with Crippen LogP contribution in [0.25, 0.3) is 0 Å². The summed E-state index contributed by atoms with van der Waals surface area (Å²) < 4.78 is 15.8. The minimum absolute atomic E-state index is 0.0742. The maximum absolute atomic E-state index is 11.5. The number of ether oxygens (including phenoxy) is 2. The molecule has 1 aromatic carbocycles. The van der Waals surface area contributed by atoms with Gasteiger partial charge in [-0.3, -0.25) is 0 Å². The minimum Gasteiger partial charge on any atom is -0.485 e. The van der Waals surface area contributed by atoms with Crippen LogP contribution >= 0.6 is 0 Å². The number of aromatic nitrogens is 2. The van der Waals surface area contributed by atoms with E-state index in [0.29, 0.717) is 23.0 Å². The molecule has 1 saturated carbocycles. The lowest BCUT2D eigenvalue weighted by atomic mass is 9.74. The van der Waals surface area contributed by atoms with Crippen LogP contribution in [0.4, 0.5) is 0 Å². The molecule has 1 heterocycles. The van der Waals surface area contributed by atoms with Gasteiger partial charge in [0.1, 0.15) is 5.75 Å². The van der Waals surface area contributed by atoms with Gasteiger partial charge in [-0.25, -0.2) is 4.79 Å². The van der Waals surface area contributed by atoms with Crippen LogP contribution in [0.1, 0.15) is 60.6 Å². The van der Waals surface area contributed by atoms with E-state index in [1.807, 2.05) is 6.92 Å². The average molecular weight is 345 g/mol. The van der Waals surface area contributed by atoms with Gasteiger partial charge in [0.25, 0.3) is 0 Å². The molecule has 1 aromatic heterocycles. The molecule has 0 spiro atoms. The van der Waals surface area contributed by atoms with Gasteiger partial charge >= 0.3 is 5.97 Å². The number of carbonyl (C=O) groups is 1. The molecule has 2 N–H and O–H groups in total. The molecular formula is C18H23N3O4. The molecule has 0 radical (unpaired) electrons. The molecule has 1 fully saturated rings. The number of benzene rings is 1. The highest BCUT2D eigenvalue weighted by molar-refractivity contribution is 5.89. The summed E-state index contributed by atoms with van der Waals surface area (Å²) in [5.41, 5.74) is 6.49. The number of rotatable bonds is 5. The second kappa shape index (κ2) is 7.23. The largest absolute Gasteiger partial charge is 0.485 e. The monoisotopic (exact) mass is 345 g/mol. The Kier molecular flexibility index (Phi) is 5.03. The Morgan fingerprint density at radius 3 is 3.04 bits per heavy atom. The van der Waals surface area contributed by atoms with Crippen LogP contribution in [0.5, 0.6) is 5.75 Å². The lowest BCUT2D eigenvalue weighted by Crippen LogP contribution is -2.44. The first-order valence-electron chi connectivity index (χ1n) is 8.42. The molecule has 7 heteroatoms. The fourth-order valence-electron chi connectivity index (χ4n) is 3.21. The van der Waals surface area contributed by atoms with Gasteiger partial charge in [0.15, 0.2) is 6.61 Å². The zero-order valence-electron chi connectivity index (χ0n) is 14.5. The van der Waals surface area contributed by atoms with E-state index >= 15 is 0 Å². The van der Waals surface area contributed by atoms with Crippen molar-refractivity contribution in [1.29, 1.82) is 0 Å². The standard InChI is InChI=1S/C18H23N3O4/c1-18(19)9-4-3-8-14(18)16-20-15(21-25-16)11-24-13-7-5-6-12(10-13)17(22)23-2/h5-7,10,14H,3-4,8-9,11,19H2,1-2H3. The first-order chi connectivity index (χ1) is 12.0. The molecule has 0 amide bonds. The van der Waals surface area contributed by atoms with Gasteiger partial charge in [-0.15, -0.1) is 0 Å². The number of carbonyl (C=O) groups excluding carboxylic acids is 1. The summed E-state index contributed by atoms with van der Waals surface area (Å²) in [6.45, 7) is 2.19. The third kappa shape index (κ3) is 3.99. The van der Waals surface area contributed by atoms with Crippen molar-refractivity contribution in [2.45, 2.75) is 50.7 Å². The van der Waals surface area contributed by atoms with Crippen LogP contribution in [0.15, 0.2) is 28.8 Å². The Morgan fingerprint density at radius 1 is 1.44 bits per heavy atom. The topological polar surface area (TPSA) is 100 Å². The van der Waals surface area contributed by atoms with Gasteiger partial charge < -0.3 is 19.7 Å². The molecule has 134 valence electrons. The minimum atomic E-state index is -0.410. The highest BCUT2D eigenvalue weighted by Gasteiger charge is 2.37. The number of nitrogens with zero attached hydrogens (tertiary/aromatic N) is 2. The molecule has 0 saturated heterocycles. The second-order valence-corrected chi connectivity index (χ2v) is 6.66. The molecule has 2 aromatic rings. The van der Waals surface area contributed by atoms with Crippen LogP contribution in [0, 0.1) is 0 Å². The predicted molar refractivity (Wildman–Crippen MR) is 90.2 cm³/mol. The fraction of sp³-hybridized carbons (Fsp3) is 0.500. The summed E-state index contributed by atoms with van der Waals surface area (Å²) in [7, 11) is 1.34. The molecular weight excluding hydrogens is 322 g/mol. The molecule has 25 heavy (non-hydrogen) atoms. The van der Waals surface area contributed by atoms with Gasteiger partial charge in [0.2, 0.25) is 11.7 Å². The van der Waals surface area contributed by atoms with E-state index in [1.165, 1.54) is 7.11 Å². The average Bonchev–Trinajstić information content (AvgIpc) is 3.07. The second-order valence-electron chi connectivity index (χ2n) is 6.66. The summed E-state index contributed by atoms with van der Waals surface area (Å²) in [6.07, 6.45) is 4.15. The molecule has 1 aliphatic rings. The number of nitrogens with two attached hydrogens (primary N) is 1. The summed E-state index contributed by atoms with van der Waals surface area (Å²) in [6, 6.07) is 6.76. The Morgan fingerprint density at radius 2 is 2.28 bits per heavy atom. The van der Waals surface area contributed by atoms with Crippen LogP contribution in [0.2, 0.25) is 0 Å². The SMILES string of the molecule is COC(=O)c1cccc(OCc2noc(C3CCCCC3(C)N)n2)c1. The van der Waals surface area contributed by atoms with Crippen molar-refractivity contribution < 1.29 is 18.8 Å². The molecule has 0 bridgehead atoms. The van der Waals surface area contributed by atoms with Gasteiger partial charge in [0, 0.05) is 5.54 Å². The Bertz CT molecular complexity index is 741. The third-order valence-corrected chi connectivity index (χ3v) is 4.66. The van der Waals surface area contributed by atoms with E-state index in [2.05, 4.69) is 10.1 Å². The van der Waals surface area contributed by atoms with E-state index in [0.717, 1.165) is 25.7 Å². The van der Waals surface area contributed by atoms with Crippen molar-refractivity contribution in [3.63, 3.8) is 0 Å². The number of hydrogen-bond acceptors (Lipinski definition) is 7. The van der Waals surface area contributed by atoms with Crippen molar-refractivity contribution in [3.8, 4) is 5.75 Å². The van der Waals surface area contributed by atoms with Crippen molar-refractivity contribution in [1.82, 2.24) is 10.1 Å². The molecule has 7 nitrogen and oxygen atoms in total. The number of esters is 1. The van der Waals surface area contributed by atoms with E-state index < -0.39 is 5.97 Å². The van der Waals surface area contributed by atoms with Crippen molar-refractivity contribution in [2.24, 2.45) is 5.73 Å². The van der Waals surface area contributed by atoms with Crippen LogP contribution in [-0.2, 0) is 11.3 Å². The van der Waals surface area contributed by atoms with E-state index in [1.54, 1.807) is 24.3 Å². The third-order valence-electron chi connectivity index (χ3n) is 4.66. The van der Waals surface area contributed by atoms with E-state index in [9.17, 15) is 4.79 Å². The van der Waals surface area contributed by atoms with Crippen LogP contribution in [-0.4, -0.2) is 28.8 Å². The molecule has 3 rings (SSSR count). The fourth-order valence-corrected chi connectivity index (χ4v) is 3.21. The van der Waals surface area contributed by atoms with Crippen molar-refractivity contribution in [2.75, 3.05) is 7.11 Å². The van der Waals surface area contributed by atoms with E-state index in [-0.39, 0.29) is 18.1 Å². The lowest BCUT2D eigenvalue weighted by Gasteiger charge is -2.35. The summed E-state index contributed by atoms with van der Waals surface area (Å²) in [5.74, 6) is 1.24. The van der Waals surface area contributed by atoms with Crippen LogP contribution in [0.3, 0.4) is 0 Å². The zero-order chi connectivity index (χ0) is 17.9. The Labute approximate surface area is 146 Å². The normalized spacial score (nSPS) is 23.2. The lowest BCUT2D eigenvalue weighted by molar-refractivity contribution is 0.0600. The summed E-state index contributed by atoms with van der Waals surface area (Å²) >= 11 is 0. The maximum Gasteiger partial charge on any atom is 0.337 e. The summed E-state index contributed by atoms with van der Waals surface area (Å²) in [5, 5.41) is 3.99. The van der Waals surface area contributed by atoms with Gasteiger partial charge in [-0.05, 0) is 38.0 Å². The Balaban J connectivity index is 1.65. The zero-order valence-corrected chi connectivity index (χ0v) is 14.5. The number of methoxy groups -OCH3 is 1. The number of hydrogen-bond donors (Lipinski definition) is 1. The van der Waals surface area contributed by atoms with Crippen LogP contribution < -0.4 is 10.5 Å². The molecule has 0 aliphatic heterocycles.